The Labute approximate surface area is 144 Å². The molecule has 0 aliphatic heterocycles. The van der Waals surface area contributed by atoms with E-state index in [2.05, 4.69) is 12.1 Å². The minimum Gasteiger partial charge on any atom is -0.480 e. The molecule has 0 fully saturated rings. The molecule has 0 saturated heterocycles. The average Bonchev–Trinajstić information content (AvgIpc) is 3.02. The molecule has 0 spiro atoms. The number of methoxy groups -OCH3 is 1. The van der Waals surface area contributed by atoms with Gasteiger partial charge in [0.2, 0.25) is 0 Å². The molecule has 0 unspecified atom stereocenters. The highest BCUT2D eigenvalue weighted by Crippen LogP contribution is 2.39. The summed E-state index contributed by atoms with van der Waals surface area (Å²) >= 11 is 1.45. The summed E-state index contributed by atoms with van der Waals surface area (Å²) < 4.78 is 4.98. The molecule has 0 saturated carbocycles. The van der Waals surface area contributed by atoms with Crippen molar-refractivity contribution < 1.29 is 19.4 Å². The van der Waals surface area contributed by atoms with Crippen LogP contribution in [0.2, 0.25) is 0 Å². The highest BCUT2D eigenvalue weighted by Gasteiger charge is 2.25. The molecule has 6 heteroatoms. The second-order valence-corrected chi connectivity index (χ2v) is 6.79. The first kappa shape index (κ1) is 16.7. The van der Waals surface area contributed by atoms with Gasteiger partial charge in [0.25, 0.3) is 5.91 Å². The SMILES string of the molecule is COCCN(CC(=O)O)C(=O)c1cc2c(s1)-c1ccccc1CC2. The molecule has 1 aromatic heterocycles. The Bertz CT molecular complexity index is 768. The number of fused-ring (bicyclic) bond motifs is 3. The van der Waals surface area contributed by atoms with Gasteiger partial charge in [-0.15, -0.1) is 11.3 Å². The molecule has 0 atom stereocenters. The van der Waals surface area contributed by atoms with Crippen molar-refractivity contribution in [2.75, 3.05) is 26.8 Å². The Morgan fingerprint density at radius 3 is 2.75 bits per heavy atom. The molecule has 24 heavy (non-hydrogen) atoms. The summed E-state index contributed by atoms with van der Waals surface area (Å²) in [6.07, 6.45) is 1.88. The molecule has 3 rings (SSSR count). The van der Waals surface area contributed by atoms with Crippen molar-refractivity contribution in [3.8, 4) is 10.4 Å². The predicted molar refractivity (Wildman–Crippen MR) is 92.6 cm³/mol. The highest BCUT2D eigenvalue weighted by atomic mass is 32.1. The van der Waals surface area contributed by atoms with Crippen molar-refractivity contribution >= 4 is 23.2 Å². The number of carbonyl (C=O) groups excluding carboxylic acids is 1. The zero-order chi connectivity index (χ0) is 17.1. The fourth-order valence-corrected chi connectivity index (χ4v) is 4.19. The largest absolute Gasteiger partial charge is 0.480 e. The second kappa shape index (κ2) is 7.15. The molecular weight excluding hydrogens is 326 g/mol. The molecule has 1 heterocycles. The van der Waals surface area contributed by atoms with E-state index in [4.69, 9.17) is 9.84 Å². The van der Waals surface area contributed by atoms with Crippen LogP contribution >= 0.6 is 11.3 Å². The number of rotatable bonds is 6. The molecule has 1 aliphatic carbocycles. The Balaban J connectivity index is 1.89. The summed E-state index contributed by atoms with van der Waals surface area (Å²) in [4.78, 5) is 26.8. The average molecular weight is 345 g/mol. The number of thiophene rings is 1. The molecule has 0 radical (unpaired) electrons. The van der Waals surface area contributed by atoms with E-state index in [1.807, 2.05) is 18.2 Å². The molecule has 1 aromatic carbocycles. The third-order valence-corrected chi connectivity index (χ3v) is 5.32. The molecule has 5 nitrogen and oxygen atoms in total. The van der Waals surface area contributed by atoms with Gasteiger partial charge in [0, 0.05) is 18.5 Å². The van der Waals surface area contributed by atoms with E-state index in [0.717, 1.165) is 17.7 Å². The van der Waals surface area contributed by atoms with Gasteiger partial charge in [-0.1, -0.05) is 24.3 Å². The van der Waals surface area contributed by atoms with Gasteiger partial charge in [0.15, 0.2) is 0 Å². The number of benzene rings is 1. The molecular formula is C18H19NO4S. The highest BCUT2D eigenvalue weighted by molar-refractivity contribution is 7.17. The first-order valence-electron chi connectivity index (χ1n) is 7.81. The number of carboxylic acid groups (broad SMARTS) is 1. The fourth-order valence-electron chi connectivity index (χ4n) is 2.95. The van der Waals surface area contributed by atoms with Crippen molar-refractivity contribution in [3.63, 3.8) is 0 Å². The fraction of sp³-hybridized carbons (Fsp3) is 0.333. The van der Waals surface area contributed by atoms with E-state index in [0.29, 0.717) is 11.5 Å². The van der Waals surface area contributed by atoms with Gasteiger partial charge in [0.05, 0.1) is 11.5 Å². The Morgan fingerprint density at radius 1 is 1.25 bits per heavy atom. The smallest absolute Gasteiger partial charge is 0.323 e. The quantitative estimate of drug-likeness (QED) is 0.874. The Kier molecular flexibility index (Phi) is 4.97. The number of amides is 1. The number of hydrogen-bond acceptors (Lipinski definition) is 4. The van der Waals surface area contributed by atoms with E-state index in [1.165, 1.54) is 40.0 Å². The predicted octanol–water partition coefficient (Wildman–Crippen LogP) is 2.69. The first-order valence-corrected chi connectivity index (χ1v) is 8.62. The van der Waals surface area contributed by atoms with Crippen LogP contribution in [-0.4, -0.2) is 48.7 Å². The summed E-state index contributed by atoms with van der Waals surface area (Å²) in [5, 5.41) is 9.04. The molecule has 1 amide bonds. The summed E-state index contributed by atoms with van der Waals surface area (Å²) in [6.45, 7) is 0.259. The van der Waals surface area contributed by atoms with Crippen molar-refractivity contribution in [1.29, 1.82) is 0 Å². The Hall–Kier alpha value is -2.18. The number of hydrogen-bond donors (Lipinski definition) is 1. The zero-order valence-electron chi connectivity index (χ0n) is 13.4. The summed E-state index contributed by atoms with van der Waals surface area (Å²) in [7, 11) is 1.53. The molecule has 0 bridgehead atoms. The van der Waals surface area contributed by atoms with Gasteiger partial charge in [-0.2, -0.15) is 0 Å². The van der Waals surface area contributed by atoms with Crippen LogP contribution in [0.25, 0.3) is 10.4 Å². The van der Waals surface area contributed by atoms with Crippen molar-refractivity contribution in [1.82, 2.24) is 4.90 Å². The summed E-state index contributed by atoms with van der Waals surface area (Å²) in [5.74, 6) is -1.27. The lowest BCUT2D eigenvalue weighted by atomic mass is 9.91. The first-order chi connectivity index (χ1) is 11.6. The molecule has 1 N–H and O–H groups in total. The minimum atomic E-state index is -1.02. The molecule has 1 aliphatic rings. The van der Waals surface area contributed by atoms with E-state index >= 15 is 0 Å². The number of carboxylic acids is 1. The summed E-state index contributed by atoms with van der Waals surface area (Å²) in [5.41, 5.74) is 3.65. The third-order valence-electron chi connectivity index (χ3n) is 4.12. The van der Waals surface area contributed by atoms with E-state index in [9.17, 15) is 9.59 Å². The second-order valence-electron chi connectivity index (χ2n) is 5.74. The zero-order valence-corrected chi connectivity index (χ0v) is 14.3. The van der Waals surface area contributed by atoms with Gasteiger partial charge < -0.3 is 14.7 Å². The maximum Gasteiger partial charge on any atom is 0.323 e. The maximum atomic E-state index is 12.7. The van der Waals surface area contributed by atoms with Gasteiger partial charge in [-0.05, 0) is 35.6 Å². The molecule has 126 valence electrons. The number of nitrogens with zero attached hydrogens (tertiary/aromatic N) is 1. The van der Waals surface area contributed by atoms with Crippen LogP contribution in [-0.2, 0) is 22.4 Å². The summed E-state index contributed by atoms with van der Waals surface area (Å²) in [6, 6.07) is 10.2. The van der Waals surface area contributed by atoms with Crippen LogP contribution in [0, 0.1) is 0 Å². The minimum absolute atomic E-state index is 0.244. The van der Waals surface area contributed by atoms with E-state index in [1.54, 1.807) is 0 Å². The molecule has 2 aromatic rings. The van der Waals surface area contributed by atoms with Crippen molar-refractivity contribution in [2.24, 2.45) is 0 Å². The van der Waals surface area contributed by atoms with Crippen LogP contribution in [0.4, 0.5) is 0 Å². The number of aliphatic carboxylic acids is 1. The van der Waals surface area contributed by atoms with Crippen LogP contribution in [0.3, 0.4) is 0 Å². The normalized spacial score (nSPS) is 12.4. The lowest BCUT2D eigenvalue weighted by Crippen LogP contribution is -2.37. The van der Waals surface area contributed by atoms with Gasteiger partial charge >= 0.3 is 5.97 Å². The topological polar surface area (TPSA) is 66.8 Å². The standard InChI is InChI=1S/C18H19NO4S/c1-23-9-8-19(11-16(20)21)18(22)15-10-13-7-6-12-4-2-3-5-14(12)17(13)24-15/h2-5,10H,6-9,11H2,1H3,(H,20,21). The van der Waals surface area contributed by atoms with Crippen LogP contribution in [0.1, 0.15) is 20.8 Å². The van der Waals surface area contributed by atoms with Crippen LogP contribution in [0.5, 0.6) is 0 Å². The van der Waals surface area contributed by atoms with Crippen molar-refractivity contribution in [3.05, 3.63) is 46.3 Å². The van der Waals surface area contributed by atoms with E-state index in [-0.39, 0.29) is 19.0 Å². The monoisotopic (exact) mass is 345 g/mol. The number of aryl methyl sites for hydroxylation is 2. The van der Waals surface area contributed by atoms with E-state index < -0.39 is 5.97 Å². The third kappa shape index (κ3) is 3.34. The van der Waals surface area contributed by atoms with Gasteiger partial charge in [-0.3, -0.25) is 9.59 Å². The van der Waals surface area contributed by atoms with Crippen LogP contribution < -0.4 is 0 Å². The lowest BCUT2D eigenvalue weighted by Gasteiger charge is -2.19. The number of ether oxygens (including phenoxy) is 1. The maximum absolute atomic E-state index is 12.7. The number of carbonyl (C=O) groups is 2. The van der Waals surface area contributed by atoms with Gasteiger partial charge in [-0.25, -0.2) is 0 Å². The van der Waals surface area contributed by atoms with Gasteiger partial charge in [0.1, 0.15) is 6.54 Å². The lowest BCUT2D eigenvalue weighted by molar-refractivity contribution is -0.137. The Morgan fingerprint density at radius 2 is 2.00 bits per heavy atom. The van der Waals surface area contributed by atoms with Crippen LogP contribution in [0.15, 0.2) is 30.3 Å². The van der Waals surface area contributed by atoms with Crippen molar-refractivity contribution in [2.45, 2.75) is 12.8 Å².